The van der Waals surface area contributed by atoms with Crippen LogP contribution in [0, 0.1) is 0 Å². The molecule has 0 radical (unpaired) electrons. The van der Waals surface area contributed by atoms with Gasteiger partial charge in [0.15, 0.2) is 0 Å². The van der Waals surface area contributed by atoms with Crippen molar-refractivity contribution in [1.29, 1.82) is 0 Å². The Labute approximate surface area is 115 Å². The van der Waals surface area contributed by atoms with Gasteiger partial charge < -0.3 is 10.6 Å². The van der Waals surface area contributed by atoms with Crippen molar-refractivity contribution in [3.05, 3.63) is 34.9 Å². The Morgan fingerprint density at radius 3 is 2.74 bits per heavy atom. The SMILES string of the molecule is CCNCC(=O)NC(C)c1ccc2c(c1)CCCC2. The van der Waals surface area contributed by atoms with Crippen LogP contribution in [-0.4, -0.2) is 19.0 Å². The number of fused-ring (bicyclic) bond motifs is 1. The fraction of sp³-hybridized carbons (Fsp3) is 0.562. The highest BCUT2D eigenvalue weighted by atomic mass is 16.1. The lowest BCUT2D eigenvalue weighted by molar-refractivity contribution is -0.120. The lowest BCUT2D eigenvalue weighted by Gasteiger charge is -2.20. The molecule has 2 rings (SSSR count). The number of amides is 1. The quantitative estimate of drug-likeness (QED) is 0.853. The van der Waals surface area contributed by atoms with E-state index in [0.717, 1.165) is 6.54 Å². The van der Waals surface area contributed by atoms with Gasteiger partial charge in [0.2, 0.25) is 5.91 Å². The highest BCUT2D eigenvalue weighted by Gasteiger charge is 2.13. The van der Waals surface area contributed by atoms with Crippen LogP contribution < -0.4 is 10.6 Å². The van der Waals surface area contributed by atoms with Crippen LogP contribution in [-0.2, 0) is 17.6 Å². The van der Waals surface area contributed by atoms with Gasteiger partial charge in [0.05, 0.1) is 12.6 Å². The van der Waals surface area contributed by atoms with E-state index in [4.69, 9.17) is 0 Å². The highest BCUT2D eigenvalue weighted by Crippen LogP contribution is 2.24. The Hall–Kier alpha value is -1.35. The fourth-order valence-electron chi connectivity index (χ4n) is 2.64. The standard InChI is InChI=1S/C16H24N2O/c1-3-17-11-16(19)18-12(2)14-9-8-13-6-4-5-7-15(13)10-14/h8-10,12,17H,3-7,11H2,1-2H3,(H,18,19). The number of hydrogen-bond acceptors (Lipinski definition) is 2. The van der Waals surface area contributed by atoms with Crippen LogP contribution in [0.1, 0.15) is 49.4 Å². The maximum absolute atomic E-state index is 11.7. The average molecular weight is 260 g/mol. The molecule has 1 aromatic rings. The normalized spacial score (nSPS) is 15.7. The minimum atomic E-state index is 0.0621. The van der Waals surface area contributed by atoms with Crippen molar-refractivity contribution < 1.29 is 4.79 Å². The van der Waals surface area contributed by atoms with Gasteiger partial charge in [-0.05, 0) is 55.8 Å². The van der Waals surface area contributed by atoms with Gasteiger partial charge in [-0.25, -0.2) is 0 Å². The summed E-state index contributed by atoms with van der Waals surface area (Å²) >= 11 is 0. The van der Waals surface area contributed by atoms with Crippen molar-refractivity contribution >= 4 is 5.91 Å². The van der Waals surface area contributed by atoms with E-state index in [1.165, 1.54) is 42.4 Å². The van der Waals surface area contributed by atoms with Gasteiger partial charge in [0.25, 0.3) is 0 Å². The van der Waals surface area contributed by atoms with E-state index in [-0.39, 0.29) is 11.9 Å². The van der Waals surface area contributed by atoms with E-state index in [0.29, 0.717) is 6.54 Å². The van der Waals surface area contributed by atoms with Crippen molar-refractivity contribution in [3.63, 3.8) is 0 Å². The van der Waals surface area contributed by atoms with E-state index < -0.39 is 0 Å². The lowest BCUT2D eigenvalue weighted by Crippen LogP contribution is -2.35. The molecule has 0 bridgehead atoms. The molecule has 0 heterocycles. The van der Waals surface area contributed by atoms with Gasteiger partial charge in [0, 0.05) is 0 Å². The van der Waals surface area contributed by atoms with Gasteiger partial charge in [-0.1, -0.05) is 25.1 Å². The predicted octanol–water partition coefficient (Wildman–Crippen LogP) is 2.35. The molecule has 0 saturated heterocycles. The van der Waals surface area contributed by atoms with Crippen LogP contribution in [0.5, 0.6) is 0 Å². The van der Waals surface area contributed by atoms with Crippen LogP contribution in [0.3, 0.4) is 0 Å². The third-order valence-electron chi connectivity index (χ3n) is 3.79. The monoisotopic (exact) mass is 260 g/mol. The zero-order chi connectivity index (χ0) is 13.7. The molecular formula is C16H24N2O. The van der Waals surface area contributed by atoms with Crippen LogP contribution >= 0.6 is 0 Å². The number of hydrogen-bond donors (Lipinski definition) is 2. The van der Waals surface area contributed by atoms with Crippen molar-refractivity contribution in [1.82, 2.24) is 10.6 Å². The molecule has 1 aliphatic carbocycles. The summed E-state index contributed by atoms with van der Waals surface area (Å²) in [5.74, 6) is 0.0621. The minimum absolute atomic E-state index is 0.0621. The first-order valence-electron chi connectivity index (χ1n) is 7.32. The zero-order valence-corrected chi connectivity index (χ0v) is 12.0. The first kappa shape index (κ1) is 14.1. The number of likely N-dealkylation sites (N-methyl/N-ethyl adjacent to an activating group) is 1. The van der Waals surface area contributed by atoms with Crippen molar-refractivity contribution in [2.75, 3.05) is 13.1 Å². The summed E-state index contributed by atoms with van der Waals surface area (Å²) < 4.78 is 0. The summed E-state index contributed by atoms with van der Waals surface area (Å²) in [6.07, 6.45) is 4.98. The van der Waals surface area contributed by atoms with Gasteiger partial charge in [-0.2, -0.15) is 0 Å². The molecular weight excluding hydrogens is 236 g/mol. The number of carbonyl (C=O) groups is 1. The second kappa shape index (κ2) is 6.71. The van der Waals surface area contributed by atoms with Gasteiger partial charge in [-0.3, -0.25) is 4.79 Å². The predicted molar refractivity (Wildman–Crippen MR) is 78.2 cm³/mol. The third-order valence-corrected chi connectivity index (χ3v) is 3.79. The molecule has 1 aromatic carbocycles. The van der Waals surface area contributed by atoms with Crippen molar-refractivity contribution in [2.24, 2.45) is 0 Å². The Morgan fingerprint density at radius 1 is 1.26 bits per heavy atom. The molecule has 2 N–H and O–H groups in total. The summed E-state index contributed by atoms with van der Waals surface area (Å²) in [6, 6.07) is 6.74. The molecule has 0 spiro atoms. The second-order valence-corrected chi connectivity index (χ2v) is 5.30. The molecule has 1 aliphatic rings. The maximum Gasteiger partial charge on any atom is 0.234 e. The topological polar surface area (TPSA) is 41.1 Å². The summed E-state index contributed by atoms with van der Waals surface area (Å²) in [5, 5.41) is 6.08. The number of carbonyl (C=O) groups excluding carboxylic acids is 1. The van der Waals surface area contributed by atoms with E-state index in [2.05, 4.69) is 28.8 Å². The molecule has 1 amide bonds. The maximum atomic E-state index is 11.7. The molecule has 3 heteroatoms. The van der Waals surface area contributed by atoms with Gasteiger partial charge in [0.1, 0.15) is 0 Å². The Morgan fingerprint density at radius 2 is 2.00 bits per heavy atom. The molecule has 104 valence electrons. The first-order valence-corrected chi connectivity index (χ1v) is 7.32. The minimum Gasteiger partial charge on any atom is -0.348 e. The molecule has 19 heavy (non-hydrogen) atoms. The summed E-state index contributed by atoms with van der Waals surface area (Å²) in [7, 11) is 0. The van der Waals surface area contributed by atoms with E-state index in [9.17, 15) is 4.79 Å². The molecule has 0 aromatic heterocycles. The second-order valence-electron chi connectivity index (χ2n) is 5.30. The zero-order valence-electron chi connectivity index (χ0n) is 12.0. The molecule has 3 nitrogen and oxygen atoms in total. The number of nitrogens with one attached hydrogen (secondary N) is 2. The van der Waals surface area contributed by atoms with Gasteiger partial charge in [-0.15, -0.1) is 0 Å². The molecule has 0 aliphatic heterocycles. The Kier molecular flexibility index (Phi) is 4.97. The van der Waals surface area contributed by atoms with Crippen molar-refractivity contribution in [2.45, 2.75) is 45.6 Å². The molecule has 0 saturated carbocycles. The van der Waals surface area contributed by atoms with Crippen LogP contribution in [0.15, 0.2) is 18.2 Å². The van der Waals surface area contributed by atoms with Crippen molar-refractivity contribution in [3.8, 4) is 0 Å². The molecule has 1 atom stereocenters. The number of benzene rings is 1. The third kappa shape index (κ3) is 3.80. The Balaban J connectivity index is 1.99. The average Bonchev–Trinajstić information content (AvgIpc) is 2.44. The summed E-state index contributed by atoms with van der Waals surface area (Å²) in [4.78, 5) is 11.7. The van der Waals surface area contributed by atoms with Crippen LogP contribution in [0.4, 0.5) is 0 Å². The van der Waals surface area contributed by atoms with Crippen LogP contribution in [0.2, 0.25) is 0 Å². The Bertz CT molecular complexity index is 442. The van der Waals surface area contributed by atoms with E-state index >= 15 is 0 Å². The fourth-order valence-corrected chi connectivity index (χ4v) is 2.64. The van der Waals surface area contributed by atoms with E-state index in [1.807, 2.05) is 13.8 Å². The summed E-state index contributed by atoms with van der Waals surface area (Å²) in [5.41, 5.74) is 4.17. The number of rotatable bonds is 5. The molecule has 0 fully saturated rings. The smallest absolute Gasteiger partial charge is 0.234 e. The highest BCUT2D eigenvalue weighted by molar-refractivity contribution is 5.78. The van der Waals surface area contributed by atoms with E-state index in [1.54, 1.807) is 0 Å². The van der Waals surface area contributed by atoms with Gasteiger partial charge >= 0.3 is 0 Å². The lowest BCUT2D eigenvalue weighted by atomic mass is 9.89. The summed E-state index contributed by atoms with van der Waals surface area (Å²) in [6.45, 7) is 5.26. The molecule has 1 unspecified atom stereocenters. The van der Waals surface area contributed by atoms with Crippen LogP contribution in [0.25, 0.3) is 0 Å². The largest absolute Gasteiger partial charge is 0.348 e. The first-order chi connectivity index (χ1) is 9.20. The number of aryl methyl sites for hydroxylation is 2.